The molecular weight excluding hydrogens is 292 g/mol. The van der Waals surface area contributed by atoms with Gasteiger partial charge in [0, 0.05) is 6.42 Å². The summed E-state index contributed by atoms with van der Waals surface area (Å²) in [6.07, 6.45) is 2.10. The Balaban J connectivity index is 2.35. The van der Waals surface area contributed by atoms with Crippen LogP contribution in [-0.4, -0.2) is 35.3 Å². The molecule has 0 bridgehead atoms. The lowest BCUT2D eigenvalue weighted by molar-refractivity contribution is 0.354. The molecule has 0 amide bonds. The van der Waals surface area contributed by atoms with Crippen LogP contribution in [0.5, 0.6) is 11.5 Å². The van der Waals surface area contributed by atoms with Crippen molar-refractivity contribution in [2.75, 3.05) is 26.3 Å². The Morgan fingerprint density at radius 1 is 1.24 bits per heavy atom. The molecule has 0 aliphatic heterocycles. The van der Waals surface area contributed by atoms with Crippen molar-refractivity contribution in [1.29, 1.82) is 0 Å². The van der Waals surface area contributed by atoms with Gasteiger partial charge in [0.15, 0.2) is 11.5 Å². The third-order valence-corrected chi connectivity index (χ3v) is 3.57. The van der Waals surface area contributed by atoms with Crippen molar-refractivity contribution in [1.82, 2.24) is 14.9 Å². The number of nitrogens with two attached hydrogens (primary N) is 1. The van der Waals surface area contributed by atoms with E-state index in [-0.39, 0.29) is 11.3 Å². The van der Waals surface area contributed by atoms with Gasteiger partial charge >= 0.3 is 0 Å². The molecule has 0 atom stereocenters. The number of rotatable bonds is 5. The van der Waals surface area contributed by atoms with Crippen LogP contribution in [0.4, 0.5) is 0 Å². The van der Waals surface area contributed by atoms with Crippen molar-refractivity contribution in [3.8, 4) is 11.5 Å². The molecule has 7 nitrogen and oxygen atoms in total. The topological polar surface area (TPSA) is 92.3 Å². The van der Waals surface area contributed by atoms with E-state index in [4.69, 9.17) is 15.3 Å². The number of aromatic nitrogens is 3. The number of hydrogen-bond donors (Lipinski definition) is 1. The van der Waals surface area contributed by atoms with Crippen LogP contribution < -0.4 is 20.9 Å². The zero-order valence-corrected chi connectivity index (χ0v) is 12.8. The summed E-state index contributed by atoms with van der Waals surface area (Å²) < 4.78 is 11.4. The van der Waals surface area contributed by atoms with E-state index in [0.29, 0.717) is 23.1 Å². The first kappa shape index (κ1) is 15.2. The van der Waals surface area contributed by atoms with Crippen LogP contribution in [0.1, 0.15) is 11.3 Å². The highest BCUT2D eigenvalue weighted by Gasteiger charge is 2.12. The van der Waals surface area contributed by atoms with Gasteiger partial charge in [-0.05, 0) is 24.0 Å². The molecule has 0 saturated carbocycles. The van der Waals surface area contributed by atoms with Crippen molar-refractivity contribution >= 4 is 11.8 Å². The highest BCUT2D eigenvalue weighted by atomic mass is 32.2. The Labute approximate surface area is 126 Å². The van der Waals surface area contributed by atoms with Gasteiger partial charge in [-0.1, -0.05) is 17.8 Å². The summed E-state index contributed by atoms with van der Waals surface area (Å²) >= 11 is 1.26. The van der Waals surface area contributed by atoms with Crippen LogP contribution in [0.15, 0.2) is 28.2 Å². The standard InChI is InChI=1S/C13H16N4O3S/c1-19-10-5-4-8(7-11(10)20-2)6-9-12(18)17(14)13(21-3)16-15-9/h4-5,7H,6,14H2,1-3H3. The highest BCUT2D eigenvalue weighted by Crippen LogP contribution is 2.28. The summed E-state index contributed by atoms with van der Waals surface area (Å²) in [5.74, 6) is 6.91. The third kappa shape index (κ3) is 3.10. The van der Waals surface area contributed by atoms with Crippen LogP contribution in [0.3, 0.4) is 0 Å². The fourth-order valence-corrected chi connectivity index (χ4v) is 2.26. The molecule has 2 N–H and O–H groups in total. The minimum absolute atomic E-state index is 0.280. The summed E-state index contributed by atoms with van der Waals surface area (Å²) in [4.78, 5) is 12.1. The number of hydrogen-bond acceptors (Lipinski definition) is 7. The summed E-state index contributed by atoms with van der Waals surface area (Å²) in [6.45, 7) is 0. The van der Waals surface area contributed by atoms with Gasteiger partial charge in [-0.25, -0.2) is 0 Å². The highest BCUT2D eigenvalue weighted by molar-refractivity contribution is 7.98. The van der Waals surface area contributed by atoms with E-state index in [1.807, 2.05) is 6.07 Å². The number of ether oxygens (including phenoxy) is 2. The molecule has 21 heavy (non-hydrogen) atoms. The monoisotopic (exact) mass is 308 g/mol. The van der Waals surface area contributed by atoms with E-state index in [0.717, 1.165) is 10.2 Å². The predicted octanol–water partition coefficient (Wildman–Crippen LogP) is 0.682. The minimum Gasteiger partial charge on any atom is -0.493 e. The predicted molar refractivity (Wildman–Crippen MR) is 80.6 cm³/mol. The molecule has 0 unspecified atom stereocenters. The molecule has 0 spiro atoms. The van der Waals surface area contributed by atoms with Crippen molar-refractivity contribution < 1.29 is 9.47 Å². The van der Waals surface area contributed by atoms with Gasteiger partial charge in [-0.2, -0.15) is 4.68 Å². The molecular formula is C13H16N4O3S. The first-order chi connectivity index (χ1) is 10.1. The zero-order valence-electron chi connectivity index (χ0n) is 12.0. The van der Waals surface area contributed by atoms with Gasteiger partial charge in [-0.15, -0.1) is 10.2 Å². The number of nitrogens with zero attached hydrogens (tertiary/aromatic N) is 3. The van der Waals surface area contributed by atoms with Gasteiger partial charge < -0.3 is 15.3 Å². The Hall–Kier alpha value is -2.22. The van der Waals surface area contributed by atoms with Gasteiger partial charge in [0.2, 0.25) is 5.16 Å². The first-order valence-electron chi connectivity index (χ1n) is 6.09. The second-order valence-corrected chi connectivity index (χ2v) is 4.95. The Morgan fingerprint density at radius 3 is 2.57 bits per heavy atom. The van der Waals surface area contributed by atoms with Crippen LogP contribution in [0.2, 0.25) is 0 Å². The molecule has 0 fully saturated rings. The average Bonchev–Trinajstić information content (AvgIpc) is 2.52. The van der Waals surface area contributed by atoms with Gasteiger partial charge in [-0.3, -0.25) is 4.79 Å². The second-order valence-electron chi connectivity index (χ2n) is 4.17. The van der Waals surface area contributed by atoms with Gasteiger partial charge in [0.1, 0.15) is 5.69 Å². The largest absolute Gasteiger partial charge is 0.493 e. The van der Waals surface area contributed by atoms with Gasteiger partial charge in [0.25, 0.3) is 5.56 Å². The fraction of sp³-hybridized carbons (Fsp3) is 0.308. The normalized spacial score (nSPS) is 10.4. The minimum atomic E-state index is -0.357. The molecule has 8 heteroatoms. The second kappa shape index (κ2) is 6.49. The quantitative estimate of drug-likeness (QED) is 0.641. The molecule has 1 heterocycles. The maximum absolute atomic E-state index is 12.1. The van der Waals surface area contributed by atoms with Crippen LogP contribution in [-0.2, 0) is 6.42 Å². The Morgan fingerprint density at radius 2 is 1.95 bits per heavy atom. The summed E-state index contributed by atoms with van der Waals surface area (Å²) in [6, 6.07) is 5.41. The van der Waals surface area contributed by atoms with Crippen molar-refractivity contribution in [3.63, 3.8) is 0 Å². The number of thioether (sulfide) groups is 1. The molecule has 0 aliphatic rings. The van der Waals surface area contributed by atoms with Crippen molar-refractivity contribution in [3.05, 3.63) is 39.8 Å². The molecule has 1 aromatic heterocycles. The van der Waals surface area contributed by atoms with Gasteiger partial charge in [0.05, 0.1) is 14.2 Å². The van der Waals surface area contributed by atoms with E-state index in [9.17, 15) is 4.79 Å². The number of methoxy groups -OCH3 is 2. The summed E-state index contributed by atoms with van der Waals surface area (Å²) in [5, 5.41) is 8.24. The smallest absolute Gasteiger partial charge is 0.294 e. The average molecular weight is 308 g/mol. The maximum Gasteiger partial charge on any atom is 0.294 e. The van der Waals surface area contributed by atoms with Crippen LogP contribution in [0, 0.1) is 0 Å². The van der Waals surface area contributed by atoms with E-state index in [1.54, 1.807) is 32.6 Å². The summed E-state index contributed by atoms with van der Waals surface area (Å²) in [7, 11) is 3.12. The number of nitrogen functional groups attached to an aromatic ring is 1. The Bertz CT molecular complexity index is 702. The van der Waals surface area contributed by atoms with E-state index in [1.165, 1.54) is 11.8 Å². The van der Waals surface area contributed by atoms with Crippen LogP contribution >= 0.6 is 11.8 Å². The molecule has 2 rings (SSSR count). The fourth-order valence-electron chi connectivity index (χ4n) is 1.85. The molecule has 2 aromatic rings. The molecule has 1 aromatic carbocycles. The van der Waals surface area contributed by atoms with Crippen molar-refractivity contribution in [2.45, 2.75) is 11.6 Å². The van der Waals surface area contributed by atoms with E-state index in [2.05, 4.69) is 10.2 Å². The van der Waals surface area contributed by atoms with Crippen molar-refractivity contribution in [2.24, 2.45) is 0 Å². The Kier molecular flexibility index (Phi) is 4.69. The first-order valence-corrected chi connectivity index (χ1v) is 7.31. The van der Waals surface area contributed by atoms with Crippen LogP contribution in [0.25, 0.3) is 0 Å². The zero-order chi connectivity index (χ0) is 15.4. The SMILES string of the molecule is COc1ccc(Cc2nnc(SC)n(N)c2=O)cc1OC. The lowest BCUT2D eigenvalue weighted by Crippen LogP contribution is -2.33. The summed E-state index contributed by atoms with van der Waals surface area (Å²) in [5.41, 5.74) is 0.780. The number of benzene rings is 1. The molecule has 0 saturated heterocycles. The lowest BCUT2D eigenvalue weighted by Gasteiger charge is -2.09. The van der Waals surface area contributed by atoms with E-state index >= 15 is 0 Å². The molecule has 0 radical (unpaired) electrons. The third-order valence-electron chi connectivity index (χ3n) is 2.93. The lowest BCUT2D eigenvalue weighted by atomic mass is 10.1. The molecule has 112 valence electrons. The van der Waals surface area contributed by atoms with E-state index < -0.39 is 0 Å². The molecule has 0 aliphatic carbocycles. The maximum atomic E-state index is 12.1.